The molecule has 7 nitrogen and oxygen atoms in total. The highest BCUT2D eigenvalue weighted by Crippen LogP contribution is 2.35. The summed E-state index contributed by atoms with van der Waals surface area (Å²) in [6.45, 7) is 4.66. The smallest absolute Gasteiger partial charge is 0.306 e. The minimum atomic E-state index is -3.65. The van der Waals surface area contributed by atoms with Crippen LogP contribution >= 0.6 is 23.1 Å². The van der Waals surface area contributed by atoms with Gasteiger partial charge in [0.15, 0.2) is 0 Å². The van der Waals surface area contributed by atoms with Gasteiger partial charge < -0.3 is 9.72 Å². The van der Waals surface area contributed by atoms with Gasteiger partial charge in [-0.25, -0.2) is 8.42 Å². The average Bonchev–Trinajstić information content (AvgIpc) is 3.47. The van der Waals surface area contributed by atoms with E-state index in [0.29, 0.717) is 29.5 Å². The molecule has 0 amide bonds. The van der Waals surface area contributed by atoms with Gasteiger partial charge in [-0.2, -0.15) is 0 Å². The van der Waals surface area contributed by atoms with Crippen LogP contribution < -0.4 is 4.31 Å². The molecule has 1 aliphatic heterocycles. The van der Waals surface area contributed by atoms with E-state index < -0.39 is 10.0 Å². The third kappa shape index (κ3) is 4.37. The molecule has 0 bridgehead atoms. The molecular formula is C21H23N3O4S3. The van der Waals surface area contributed by atoms with E-state index in [4.69, 9.17) is 4.74 Å². The maximum Gasteiger partial charge on any atom is 0.306 e. The third-order valence-electron chi connectivity index (χ3n) is 4.95. The molecule has 0 fully saturated rings. The average molecular weight is 478 g/mol. The number of sulfonamides is 1. The zero-order chi connectivity index (χ0) is 22.2. The van der Waals surface area contributed by atoms with Crippen molar-refractivity contribution in [2.75, 3.05) is 24.5 Å². The van der Waals surface area contributed by atoms with E-state index in [2.05, 4.69) is 9.98 Å². The van der Waals surface area contributed by atoms with Crippen molar-refractivity contribution in [3.63, 3.8) is 0 Å². The van der Waals surface area contributed by atoms with E-state index in [1.807, 2.05) is 25.1 Å². The first kappa shape index (κ1) is 21.9. The minimum Gasteiger partial charge on any atom is -0.466 e. The summed E-state index contributed by atoms with van der Waals surface area (Å²) in [5.74, 6) is -0.216. The molecule has 1 unspecified atom stereocenters. The van der Waals surface area contributed by atoms with Crippen LogP contribution in [0.2, 0.25) is 0 Å². The Labute approximate surface area is 189 Å². The van der Waals surface area contributed by atoms with Gasteiger partial charge in [0.2, 0.25) is 0 Å². The summed E-state index contributed by atoms with van der Waals surface area (Å²) in [4.78, 5) is 19.7. The fourth-order valence-electron chi connectivity index (χ4n) is 3.49. The highest BCUT2D eigenvalue weighted by atomic mass is 32.2. The lowest BCUT2D eigenvalue weighted by molar-refractivity contribution is -0.143. The van der Waals surface area contributed by atoms with Gasteiger partial charge in [-0.05, 0) is 49.1 Å². The Balaban J connectivity index is 1.64. The normalized spacial score (nSPS) is 16.5. The number of hydrogen-bond acceptors (Lipinski definition) is 7. The predicted octanol–water partition coefficient (Wildman–Crippen LogP) is 4.18. The molecule has 4 rings (SSSR count). The number of aromatic nitrogens is 1. The molecule has 2 aromatic heterocycles. The summed E-state index contributed by atoms with van der Waals surface area (Å²) in [7, 11) is -2.08. The number of aromatic amines is 1. The number of aryl methyl sites for hydroxylation is 1. The van der Waals surface area contributed by atoms with Crippen LogP contribution in [0.15, 0.2) is 44.9 Å². The van der Waals surface area contributed by atoms with Gasteiger partial charge in [-0.15, -0.1) is 11.3 Å². The monoisotopic (exact) mass is 477 g/mol. The lowest BCUT2D eigenvalue weighted by Gasteiger charge is -2.20. The molecule has 0 aliphatic carbocycles. The van der Waals surface area contributed by atoms with Gasteiger partial charge >= 0.3 is 5.97 Å². The number of esters is 1. The first-order valence-electron chi connectivity index (χ1n) is 9.82. The summed E-state index contributed by atoms with van der Waals surface area (Å²) < 4.78 is 32.8. The van der Waals surface area contributed by atoms with Crippen LogP contribution in [0, 0.1) is 6.92 Å². The summed E-state index contributed by atoms with van der Waals surface area (Å²) in [5.41, 5.74) is 3.10. The number of ether oxygens (including phenoxy) is 1. The third-order valence-corrected chi connectivity index (χ3v) is 9.31. The van der Waals surface area contributed by atoms with E-state index in [0.717, 1.165) is 27.2 Å². The molecule has 0 radical (unpaired) electrons. The molecule has 164 valence electrons. The summed E-state index contributed by atoms with van der Waals surface area (Å²) in [6.07, 6.45) is 0.317. The largest absolute Gasteiger partial charge is 0.466 e. The number of carbonyl (C=O) groups is 1. The summed E-state index contributed by atoms with van der Waals surface area (Å²) in [5, 5.41) is 3.53. The van der Waals surface area contributed by atoms with E-state index >= 15 is 0 Å². The number of nitrogens with zero attached hydrogens (tertiary/aromatic N) is 2. The molecule has 0 spiro atoms. The van der Waals surface area contributed by atoms with Crippen molar-refractivity contribution in [2.45, 2.75) is 29.7 Å². The second-order valence-corrected chi connectivity index (χ2v) is 11.7. The molecule has 1 N–H and O–H groups in total. The molecule has 3 heterocycles. The number of benzene rings is 1. The molecule has 3 aromatic rings. The SMILES string of the molecule is CCOC(=O)CC1CN=C(c2cc3cc(C)cc(N(C)S(=O)(=O)c4cccs4)c3[nH]2)S1. The number of hydrogen-bond donors (Lipinski definition) is 1. The van der Waals surface area contributed by atoms with Crippen LogP contribution in [-0.2, 0) is 19.6 Å². The number of thiophene rings is 1. The molecule has 10 heteroatoms. The number of anilines is 1. The van der Waals surface area contributed by atoms with Crippen molar-refractivity contribution < 1.29 is 17.9 Å². The molecule has 1 aromatic carbocycles. The van der Waals surface area contributed by atoms with E-state index in [9.17, 15) is 13.2 Å². The number of fused-ring (bicyclic) bond motifs is 1. The fourth-order valence-corrected chi connectivity index (χ4v) is 6.92. The number of carbonyl (C=O) groups excluding carboxylic acids is 1. The second kappa shape index (κ2) is 8.68. The van der Waals surface area contributed by atoms with Gasteiger partial charge in [0.05, 0.1) is 36.5 Å². The van der Waals surface area contributed by atoms with Crippen molar-refractivity contribution >= 4 is 60.7 Å². The van der Waals surface area contributed by atoms with Crippen molar-refractivity contribution in [2.24, 2.45) is 4.99 Å². The minimum absolute atomic E-state index is 0.0450. The van der Waals surface area contributed by atoms with Gasteiger partial charge in [0.25, 0.3) is 10.0 Å². The van der Waals surface area contributed by atoms with E-state index in [-0.39, 0.29) is 11.2 Å². The Kier molecular flexibility index (Phi) is 6.14. The van der Waals surface area contributed by atoms with Crippen molar-refractivity contribution in [3.05, 3.63) is 47.0 Å². The molecule has 1 aliphatic rings. The first-order chi connectivity index (χ1) is 14.8. The maximum absolute atomic E-state index is 13.1. The van der Waals surface area contributed by atoms with E-state index in [1.54, 1.807) is 43.2 Å². The quantitative estimate of drug-likeness (QED) is 0.516. The maximum atomic E-state index is 13.1. The Morgan fingerprint density at radius 3 is 2.87 bits per heavy atom. The fraction of sp³-hybridized carbons (Fsp3) is 0.333. The Hall–Kier alpha value is -2.30. The van der Waals surface area contributed by atoms with Gasteiger partial charge in [-0.1, -0.05) is 17.8 Å². The number of nitrogens with one attached hydrogen (secondary N) is 1. The topological polar surface area (TPSA) is 91.8 Å². The number of H-pyrrole nitrogens is 1. The van der Waals surface area contributed by atoms with Crippen LogP contribution in [0.25, 0.3) is 10.9 Å². The van der Waals surface area contributed by atoms with Crippen LogP contribution in [0.4, 0.5) is 5.69 Å². The van der Waals surface area contributed by atoms with Crippen molar-refractivity contribution in [3.8, 4) is 0 Å². The highest BCUT2D eigenvalue weighted by Gasteiger charge is 2.27. The van der Waals surface area contributed by atoms with Crippen LogP contribution in [0.1, 0.15) is 24.6 Å². The molecule has 0 saturated heterocycles. The zero-order valence-corrected chi connectivity index (χ0v) is 19.9. The number of aliphatic imine (C=N–C) groups is 1. The van der Waals surface area contributed by atoms with E-state index in [1.165, 1.54) is 15.6 Å². The second-order valence-electron chi connectivity index (χ2n) is 7.23. The standard InChI is InChI=1S/C21H23N3O4S3/c1-4-28-18(25)11-15-12-22-21(30-15)16-10-14-8-13(2)9-17(20(14)23-16)24(3)31(26,27)19-6-5-7-29-19/h5-10,15,23H,4,11-12H2,1-3H3. The summed E-state index contributed by atoms with van der Waals surface area (Å²) in [6, 6.07) is 9.20. The molecule has 0 saturated carbocycles. The lowest BCUT2D eigenvalue weighted by Crippen LogP contribution is -2.26. The first-order valence-corrected chi connectivity index (χ1v) is 13.0. The Morgan fingerprint density at radius 1 is 1.35 bits per heavy atom. The van der Waals surface area contributed by atoms with Gasteiger partial charge in [0, 0.05) is 17.7 Å². The number of thioether (sulfide) groups is 1. The van der Waals surface area contributed by atoms with Crippen molar-refractivity contribution in [1.82, 2.24) is 4.98 Å². The predicted molar refractivity (Wildman–Crippen MR) is 127 cm³/mol. The van der Waals surface area contributed by atoms with Crippen LogP contribution in [0.3, 0.4) is 0 Å². The Bertz CT molecular complexity index is 1250. The van der Waals surface area contributed by atoms with Crippen molar-refractivity contribution in [1.29, 1.82) is 0 Å². The molecule has 1 atom stereocenters. The van der Waals surface area contributed by atoms with Crippen LogP contribution in [0.5, 0.6) is 0 Å². The molecule has 31 heavy (non-hydrogen) atoms. The summed E-state index contributed by atoms with van der Waals surface area (Å²) >= 11 is 2.74. The van der Waals surface area contributed by atoms with Gasteiger partial charge in [0.1, 0.15) is 9.25 Å². The Morgan fingerprint density at radius 2 is 2.16 bits per heavy atom. The zero-order valence-electron chi connectivity index (χ0n) is 17.4. The van der Waals surface area contributed by atoms with Crippen LogP contribution in [-0.4, -0.2) is 49.9 Å². The molecular weight excluding hydrogens is 454 g/mol. The van der Waals surface area contributed by atoms with Gasteiger partial charge in [-0.3, -0.25) is 14.1 Å². The number of rotatable bonds is 7. The highest BCUT2D eigenvalue weighted by molar-refractivity contribution is 8.15. The lowest BCUT2D eigenvalue weighted by atomic mass is 10.1.